The molecule has 1 unspecified atom stereocenters. The van der Waals surface area contributed by atoms with Gasteiger partial charge in [0.15, 0.2) is 0 Å². The molecule has 1 aromatic carbocycles. The Morgan fingerprint density at radius 1 is 1.47 bits per heavy atom. The van der Waals surface area contributed by atoms with E-state index in [9.17, 15) is 4.79 Å². The van der Waals surface area contributed by atoms with E-state index in [0.717, 1.165) is 21.1 Å². The fourth-order valence-electron chi connectivity index (χ4n) is 1.87. The van der Waals surface area contributed by atoms with E-state index in [0.29, 0.717) is 0 Å². The predicted molar refractivity (Wildman–Crippen MR) is 69.6 cm³/mol. The van der Waals surface area contributed by atoms with Crippen molar-refractivity contribution in [2.45, 2.75) is 6.04 Å². The lowest BCUT2D eigenvalue weighted by Crippen LogP contribution is -2.24. The number of carbonyl (C=O) groups excluding carboxylic acids is 1. The minimum Gasteiger partial charge on any atom is -0.468 e. The number of hydrogen-bond donors (Lipinski definition) is 1. The van der Waals surface area contributed by atoms with E-state index in [4.69, 9.17) is 5.73 Å². The zero-order valence-corrected chi connectivity index (χ0v) is 11.2. The predicted octanol–water partition coefficient (Wildman–Crippen LogP) is 2.11. The van der Waals surface area contributed by atoms with Crippen LogP contribution < -0.4 is 5.73 Å². The molecule has 5 heteroatoms. The number of nitrogens with two attached hydrogens (primary N) is 1. The SMILES string of the molecule is COC(=O)C(N)c1cc2ccc(Br)cc2n1C. The Morgan fingerprint density at radius 2 is 2.18 bits per heavy atom. The van der Waals surface area contributed by atoms with Crippen LogP contribution in [0, 0.1) is 0 Å². The number of carbonyl (C=O) groups is 1. The molecule has 0 saturated carbocycles. The van der Waals surface area contributed by atoms with Crippen molar-refractivity contribution in [1.82, 2.24) is 4.57 Å². The van der Waals surface area contributed by atoms with Crippen LogP contribution >= 0.6 is 15.9 Å². The quantitative estimate of drug-likeness (QED) is 0.864. The molecule has 0 fully saturated rings. The van der Waals surface area contributed by atoms with Gasteiger partial charge < -0.3 is 15.0 Å². The van der Waals surface area contributed by atoms with Crippen LogP contribution in [0.1, 0.15) is 11.7 Å². The fourth-order valence-corrected chi connectivity index (χ4v) is 2.22. The highest BCUT2D eigenvalue weighted by Crippen LogP contribution is 2.25. The van der Waals surface area contributed by atoms with Crippen LogP contribution in [0.3, 0.4) is 0 Å². The first-order valence-electron chi connectivity index (χ1n) is 5.13. The second-order valence-electron chi connectivity index (χ2n) is 3.83. The largest absolute Gasteiger partial charge is 0.468 e. The molecule has 0 aliphatic carbocycles. The Bertz CT molecular complexity index is 577. The molecule has 0 aliphatic heterocycles. The maximum atomic E-state index is 11.4. The summed E-state index contributed by atoms with van der Waals surface area (Å²) in [6, 6.07) is 7.07. The summed E-state index contributed by atoms with van der Waals surface area (Å²) in [6.45, 7) is 0. The van der Waals surface area contributed by atoms with E-state index in [2.05, 4.69) is 20.7 Å². The minimum atomic E-state index is -0.754. The van der Waals surface area contributed by atoms with Crippen molar-refractivity contribution in [2.75, 3.05) is 7.11 Å². The average molecular weight is 297 g/mol. The van der Waals surface area contributed by atoms with Gasteiger partial charge in [0.25, 0.3) is 0 Å². The van der Waals surface area contributed by atoms with Crippen molar-refractivity contribution in [3.63, 3.8) is 0 Å². The lowest BCUT2D eigenvalue weighted by molar-refractivity contribution is -0.142. The molecular formula is C12H13BrN2O2. The van der Waals surface area contributed by atoms with Gasteiger partial charge in [-0.25, -0.2) is 4.79 Å². The molecule has 1 aromatic heterocycles. The smallest absolute Gasteiger partial charge is 0.328 e. The maximum Gasteiger partial charge on any atom is 0.328 e. The van der Waals surface area contributed by atoms with E-state index in [1.807, 2.05) is 35.9 Å². The Labute approximate surface area is 107 Å². The van der Waals surface area contributed by atoms with Crippen LogP contribution in [-0.2, 0) is 16.6 Å². The van der Waals surface area contributed by atoms with Crippen molar-refractivity contribution in [1.29, 1.82) is 0 Å². The van der Waals surface area contributed by atoms with E-state index in [-0.39, 0.29) is 0 Å². The number of fused-ring (bicyclic) bond motifs is 1. The van der Waals surface area contributed by atoms with Crippen LogP contribution in [0.25, 0.3) is 10.9 Å². The highest BCUT2D eigenvalue weighted by molar-refractivity contribution is 9.10. The second-order valence-corrected chi connectivity index (χ2v) is 4.75. The van der Waals surface area contributed by atoms with E-state index >= 15 is 0 Å². The third-order valence-corrected chi connectivity index (χ3v) is 3.31. The second kappa shape index (κ2) is 4.50. The standard InChI is InChI=1S/C12H13BrN2O2/c1-15-9-6-8(13)4-3-7(9)5-10(15)11(14)12(16)17-2/h3-6,11H,14H2,1-2H3. The van der Waals surface area contributed by atoms with Crippen molar-refractivity contribution in [3.05, 3.63) is 34.4 Å². The number of esters is 1. The van der Waals surface area contributed by atoms with E-state index in [1.165, 1.54) is 7.11 Å². The van der Waals surface area contributed by atoms with Crippen LogP contribution in [0.15, 0.2) is 28.7 Å². The van der Waals surface area contributed by atoms with E-state index in [1.54, 1.807) is 0 Å². The summed E-state index contributed by atoms with van der Waals surface area (Å²) in [6.07, 6.45) is 0. The van der Waals surface area contributed by atoms with Gasteiger partial charge in [0.2, 0.25) is 0 Å². The molecule has 2 aromatic rings. The molecule has 2 rings (SSSR count). The van der Waals surface area contributed by atoms with Gasteiger partial charge in [-0.05, 0) is 18.2 Å². The average Bonchev–Trinajstić information content (AvgIpc) is 2.65. The summed E-state index contributed by atoms with van der Waals surface area (Å²) < 4.78 is 7.55. The molecule has 4 nitrogen and oxygen atoms in total. The Kier molecular flexibility index (Phi) is 3.22. The Morgan fingerprint density at radius 3 is 2.82 bits per heavy atom. The summed E-state index contributed by atoms with van der Waals surface area (Å²) in [5.74, 6) is -0.435. The topological polar surface area (TPSA) is 57.2 Å². The number of benzene rings is 1. The van der Waals surface area contributed by atoms with Crippen LogP contribution in [0.2, 0.25) is 0 Å². The molecule has 1 atom stereocenters. The summed E-state index contributed by atoms with van der Waals surface area (Å²) >= 11 is 3.42. The minimum absolute atomic E-state index is 0.435. The Hall–Kier alpha value is -1.33. The molecule has 90 valence electrons. The monoisotopic (exact) mass is 296 g/mol. The first-order valence-corrected chi connectivity index (χ1v) is 5.92. The zero-order chi connectivity index (χ0) is 12.6. The molecule has 0 aliphatic rings. The molecule has 0 saturated heterocycles. The number of nitrogens with zero attached hydrogens (tertiary/aromatic N) is 1. The van der Waals surface area contributed by atoms with Gasteiger partial charge in [0.1, 0.15) is 6.04 Å². The van der Waals surface area contributed by atoms with Gasteiger partial charge in [0.05, 0.1) is 7.11 Å². The summed E-state index contributed by atoms with van der Waals surface area (Å²) in [7, 11) is 3.22. The first-order chi connectivity index (χ1) is 8.04. The van der Waals surface area contributed by atoms with Gasteiger partial charge in [0, 0.05) is 28.1 Å². The van der Waals surface area contributed by atoms with Crippen molar-refractivity contribution in [3.8, 4) is 0 Å². The van der Waals surface area contributed by atoms with Crippen LogP contribution in [0.5, 0.6) is 0 Å². The number of hydrogen-bond acceptors (Lipinski definition) is 3. The molecule has 0 spiro atoms. The highest BCUT2D eigenvalue weighted by Gasteiger charge is 2.20. The third-order valence-electron chi connectivity index (χ3n) is 2.82. The van der Waals surface area contributed by atoms with Crippen LogP contribution in [-0.4, -0.2) is 17.6 Å². The summed E-state index contributed by atoms with van der Waals surface area (Å²) in [4.78, 5) is 11.4. The molecule has 17 heavy (non-hydrogen) atoms. The van der Waals surface area contributed by atoms with Crippen molar-refractivity contribution < 1.29 is 9.53 Å². The number of aryl methyl sites for hydroxylation is 1. The van der Waals surface area contributed by atoms with Gasteiger partial charge in [-0.2, -0.15) is 0 Å². The Balaban J connectivity index is 2.56. The van der Waals surface area contributed by atoms with Crippen molar-refractivity contribution in [2.24, 2.45) is 12.8 Å². The number of methoxy groups -OCH3 is 1. The summed E-state index contributed by atoms with van der Waals surface area (Å²) in [5.41, 5.74) is 7.61. The third kappa shape index (κ3) is 2.08. The van der Waals surface area contributed by atoms with Gasteiger partial charge in [-0.15, -0.1) is 0 Å². The number of ether oxygens (including phenoxy) is 1. The van der Waals surface area contributed by atoms with Gasteiger partial charge in [-0.3, -0.25) is 0 Å². The van der Waals surface area contributed by atoms with Gasteiger partial charge in [-0.1, -0.05) is 22.0 Å². The molecule has 2 N–H and O–H groups in total. The number of halogens is 1. The molecule has 1 heterocycles. The maximum absolute atomic E-state index is 11.4. The van der Waals surface area contributed by atoms with E-state index < -0.39 is 12.0 Å². The lowest BCUT2D eigenvalue weighted by Gasteiger charge is -2.10. The summed E-state index contributed by atoms with van der Waals surface area (Å²) in [5, 5.41) is 1.05. The number of aromatic nitrogens is 1. The molecular weight excluding hydrogens is 284 g/mol. The molecule has 0 bridgehead atoms. The lowest BCUT2D eigenvalue weighted by atomic mass is 10.2. The van der Waals surface area contributed by atoms with Gasteiger partial charge >= 0.3 is 5.97 Å². The van der Waals surface area contributed by atoms with Crippen LogP contribution in [0.4, 0.5) is 0 Å². The zero-order valence-electron chi connectivity index (χ0n) is 9.61. The first kappa shape index (κ1) is 12.1. The fraction of sp³-hybridized carbons (Fsp3) is 0.250. The van der Waals surface area contributed by atoms with Crippen molar-refractivity contribution >= 4 is 32.8 Å². The number of rotatable bonds is 2. The molecule has 0 radical (unpaired) electrons. The highest BCUT2D eigenvalue weighted by atomic mass is 79.9. The normalized spacial score (nSPS) is 12.7. The molecule has 0 amide bonds.